The summed E-state index contributed by atoms with van der Waals surface area (Å²) in [5, 5.41) is 15.3. The van der Waals surface area contributed by atoms with Gasteiger partial charge in [-0.3, -0.25) is 4.79 Å². The molecule has 0 aromatic carbocycles. The van der Waals surface area contributed by atoms with Crippen molar-refractivity contribution in [3.8, 4) is 5.88 Å². The maximum atomic E-state index is 11.9. The van der Waals surface area contributed by atoms with Crippen molar-refractivity contribution < 1.29 is 19.4 Å². The third-order valence-electron chi connectivity index (χ3n) is 2.56. The number of amides is 1. The molecule has 1 aromatic heterocycles. The first-order valence-electron chi connectivity index (χ1n) is 5.98. The fraction of sp³-hybridized carbons (Fsp3) is 0.636. The van der Waals surface area contributed by atoms with Crippen LogP contribution in [-0.4, -0.2) is 53.8 Å². The number of fused-ring (bicyclic) bond motifs is 1. The molecule has 1 aliphatic rings. The van der Waals surface area contributed by atoms with E-state index in [1.54, 1.807) is 4.68 Å². The van der Waals surface area contributed by atoms with Crippen molar-refractivity contribution in [2.45, 2.75) is 13.0 Å². The highest BCUT2D eigenvalue weighted by molar-refractivity contribution is 5.96. The van der Waals surface area contributed by atoms with Gasteiger partial charge in [0, 0.05) is 19.5 Å². The lowest BCUT2D eigenvalue weighted by Crippen LogP contribution is -2.28. The van der Waals surface area contributed by atoms with E-state index in [-0.39, 0.29) is 19.1 Å². The quantitative estimate of drug-likeness (QED) is 0.663. The smallest absolute Gasteiger partial charge is 0.258 e. The van der Waals surface area contributed by atoms with E-state index in [0.717, 1.165) is 13.0 Å². The van der Waals surface area contributed by atoms with E-state index in [1.165, 1.54) is 6.20 Å². The van der Waals surface area contributed by atoms with Crippen LogP contribution in [0.2, 0.25) is 0 Å². The summed E-state index contributed by atoms with van der Waals surface area (Å²) in [5.41, 5.74) is 0.455. The van der Waals surface area contributed by atoms with Crippen LogP contribution < -0.4 is 10.1 Å². The number of aromatic nitrogens is 2. The van der Waals surface area contributed by atoms with Gasteiger partial charge in [-0.25, -0.2) is 4.68 Å². The molecule has 2 heterocycles. The predicted molar refractivity (Wildman–Crippen MR) is 62.6 cm³/mol. The zero-order valence-electron chi connectivity index (χ0n) is 10.1. The Labute approximate surface area is 105 Å². The number of hydrogen-bond donors (Lipinski definition) is 2. The van der Waals surface area contributed by atoms with Crippen LogP contribution in [0.4, 0.5) is 0 Å². The molecule has 0 saturated heterocycles. The summed E-state index contributed by atoms with van der Waals surface area (Å²) < 4.78 is 12.2. The predicted octanol–water partition coefficient (Wildman–Crippen LogP) is -0.596. The number of carbonyl (C=O) groups is 1. The summed E-state index contributed by atoms with van der Waals surface area (Å²) in [5.74, 6) is 0.320. The lowest BCUT2D eigenvalue weighted by molar-refractivity contribution is 0.0834. The molecular formula is C11H17N3O4. The van der Waals surface area contributed by atoms with Crippen molar-refractivity contribution >= 4 is 5.91 Å². The number of nitrogens with zero attached hydrogens (tertiary/aromatic N) is 2. The third kappa shape index (κ3) is 2.99. The number of aliphatic hydroxyl groups excluding tert-OH is 1. The molecule has 2 N–H and O–H groups in total. The van der Waals surface area contributed by atoms with Gasteiger partial charge in [0.2, 0.25) is 5.88 Å². The maximum absolute atomic E-state index is 11.9. The fourth-order valence-corrected chi connectivity index (χ4v) is 1.72. The van der Waals surface area contributed by atoms with Crippen molar-refractivity contribution in [3.05, 3.63) is 11.8 Å². The molecule has 0 spiro atoms. The van der Waals surface area contributed by atoms with Crippen molar-refractivity contribution in [2.75, 3.05) is 33.0 Å². The molecule has 7 heteroatoms. The first kappa shape index (κ1) is 12.8. The van der Waals surface area contributed by atoms with E-state index in [1.807, 2.05) is 0 Å². The summed E-state index contributed by atoms with van der Waals surface area (Å²) in [6, 6.07) is 0. The molecule has 1 aliphatic heterocycles. The third-order valence-corrected chi connectivity index (χ3v) is 2.56. The van der Waals surface area contributed by atoms with Crippen LogP contribution in [-0.2, 0) is 11.3 Å². The Morgan fingerprint density at radius 3 is 3.33 bits per heavy atom. The first-order valence-corrected chi connectivity index (χ1v) is 5.98. The van der Waals surface area contributed by atoms with Gasteiger partial charge in [0.15, 0.2) is 0 Å². The van der Waals surface area contributed by atoms with Gasteiger partial charge in [0.1, 0.15) is 5.56 Å². The Bertz CT molecular complexity index is 405. The van der Waals surface area contributed by atoms with E-state index in [4.69, 9.17) is 14.6 Å². The summed E-state index contributed by atoms with van der Waals surface area (Å²) >= 11 is 0. The largest absolute Gasteiger partial charge is 0.477 e. The van der Waals surface area contributed by atoms with Crippen LogP contribution in [0.15, 0.2) is 6.20 Å². The number of hydrogen-bond acceptors (Lipinski definition) is 5. The molecule has 0 atom stereocenters. The Hall–Kier alpha value is -1.60. The minimum absolute atomic E-state index is 0.0152. The van der Waals surface area contributed by atoms with Gasteiger partial charge in [0.05, 0.1) is 32.6 Å². The van der Waals surface area contributed by atoms with Crippen LogP contribution in [0.5, 0.6) is 5.88 Å². The number of ether oxygens (including phenoxy) is 2. The van der Waals surface area contributed by atoms with Crippen molar-refractivity contribution in [1.29, 1.82) is 0 Å². The van der Waals surface area contributed by atoms with E-state index < -0.39 is 0 Å². The van der Waals surface area contributed by atoms with Gasteiger partial charge < -0.3 is 19.9 Å². The van der Waals surface area contributed by atoms with Crippen LogP contribution in [0.1, 0.15) is 16.8 Å². The van der Waals surface area contributed by atoms with Crippen LogP contribution in [0.3, 0.4) is 0 Å². The number of carbonyl (C=O) groups excluding carboxylic acids is 1. The van der Waals surface area contributed by atoms with Gasteiger partial charge in [0.25, 0.3) is 5.91 Å². The van der Waals surface area contributed by atoms with Crippen LogP contribution >= 0.6 is 0 Å². The molecule has 7 nitrogen and oxygen atoms in total. The van der Waals surface area contributed by atoms with E-state index >= 15 is 0 Å². The molecular weight excluding hydrogens is 238 g/mol. The summed E-state index contributed by atoms with van der Waals surface area (Å²) in [6.07, 6.45) is 2.43. The van der Waals surface area contributed by atoms with E-state index in [2.05, 4.69) is 10.4 Å². The van der Waals surface area contributed by atoms with Gasteiger partial charge >= 0.3 is 0 Å². The highest BCUT2D eigenvalue weighted by Crippen LogP contribution is 2.21. The molecule has 1 aromatic rings. The van der Waals surface area contributed by atoms with Gasteiger partial charge in [-0.05, 0) is 0 Å². The van der Waals surface area contributed by atoms with Gasteiger partial charge in [-0.15, -0.1) is 0 Å². The van der Waals surface area contributed by atoms with Gasteiger partial charge in [-0.2, -0.15) is 5.10 Å². The fourth-order valence-electron chi connectivity index (χ4n) is 1.72. The van der Waals surface area contributed by atoms with Crippen molar-refractivity contribution in [2.24, 2.45) is 0 Å². The summed E-state index contributed by atoms with van der Waals surface area (Å²) in [6.45, 7) is 2.43. The highest BCUT2D eigenvalue weighted by atomic mass is 16.5. The zero-order chi connectivity index (χ0) is 12.8. The van der Waals surface area contributed by atoms with Crippen molar-refractivity contribution in [1.82, 2.24) is 15.1 Å². The average Bonchev–Trinajstić information content (AvgIpc) is 2.82. The molecule has 0 unspecified atom stereocenters. The molecule has 0 bridgehead atoms. The Morgan fingerprint density at radius 1 is 1.61 bits per heavy atom. The van der Waals surface area contributed by atoms with Crippen LogP contribution in [0, 0.1) is 0 Å². The van der Waals surface area contributed by atoms with Crippen LogP contribution in [0.25, 0.3) is 0 Å². The molecule has 2 rings (SSSR count). The number of aliphatic hydroxyl groups is 1. The minimum Gasteiger partial charge on any atom is -0.477 e. The molecule has 1 amide bonds. The lowest BCUT2D eigenvalue weighted by atomic mass is 10.3. The summed E-state index contributed by atoms with van der Waals surface area (Å²) in [7, 11) is 0. The second-order valence-electron chi connectivity index (χ2n) is 3.88. The standard InChI is InChI=1S/C11H17N3O4/c15-4-7-17-6-2-12-10(16)9-8-13-14-3-1-5-18-11(9)14/h8,15H,1-7H2,(H,12,16). The molecule has 0 aliphatic carbocycles. The number of rotatable bonds is 6. The SMILES string of the molecule is O=C(NCCOCCO)c1cnn2c1OCCC2. The first-order chi connectivity index (χ1) is 8.83. The molecule has 18 heavy (non-hydrogen) atoms. The van der Waals surface area contributed by atoms with Crippen molar-refractivity contribution in [3.63, 3.8) is 0 Å². The maximum Gasteiger partial charge on any atom is 0.258 e. The Kier molecular flexibility index (Phi) is 4.54. The second kappa shape index (κ2) is 6.36. The van der Waals surface area contributed by atoms with E-state index in [0.29, 0.717) is 31.2 Å². The summed E-state index contributed by atoms with van der Waals surface area (Å²) in [4.78, 5) is 11.9. The average molecular weight is 255 g/mol. The highest BCUT2D eigenvalue weighted by Gasteiger charge is 2.20. The normalized spacial score (nSPS) is 13.8. The zero-order valence-corrected chi connectivity index (χ0v) is 10.1. The second-order valence-corrected chi connectivity index (χ2v) is 3.88. The molecule has 0 fully saturated rings. The molecule has 0 radical (unpaired) electrons. The van der Waals surface area contributed by atoms with Gasteiger partial charge in [-0.1, -0.05) is 0 Å². The molecule has 0 saturated carbocycles. The lowest BCUT2D eigenvalue weighted by Gasteiger charge is -2.15. The van der Waals surface area contributed by atoms with E-state index in [9.17, 15) is 4.79 Å². The molecule has 100 valence electrons. The minimum atomic E-state index is -0.217. The number of aryl methyl sites for hydroxylation is 1. The number of nitrogens with one attached hydrogen (secondary N) is 1. The topological polar surface area (TPSA) is 85.6 Å². The Morgan fingerprint density at radius 2 is 2.50 bits per heavy atom. The Balaban J connectivity index is 1.83. The monoisotopic (exact) mass is 255 g/mol.